The minimum absolute atomic E-state index is 0.0257. The molecule has 4 fully saturated rings. The Kier molecular flexibility index (Phi) is 14.9. The van der Waals surface area contributed by atoms with Crippen LogP contribution in [0.3, 0.4) is 0 Å². The summed E-state index contributed by atoms with van der Waals surface area (Å²) in [7, 11) is 0. The zero-order valence-electron chi connectivity index (χ0n) is 37.0. The zero-order chi connectivity index (χ0) is 43.0. The summed E-state index contributed by atoms with van der Waals surface area (Å²) in [6.45, 7) is 21.7. The second kappa shape index (κ2) is 18.5. The molecular weight excluding hydrogens is 746 g/mol. The van der Waals surface area contributed by atoms with E-state index in [0.29, 0.717) is 64.3 Å². The van der Waals surface area contributed by atoms with E-state index in [9.17, 15) is 29.7 Å². The summed E-state index contributed by atoms with van der Waals surface area (Å²) in [5.41, 5.74) is -1.74. The first kappa shape index (κ1) is 46.9. The summed E-state index contributed by atoms with van der Waals surface area (Å²) in [4.78, 5) is 39.5. The van der Waals surface area contributed by atoms with Crippen LogP contribution in [-0.4, -0.2) is 105 Å². The van der Waals surface area contributed by atoms with E-state index in [1.165, 1.54) is 0 Å². The molecule has 1 unspecified atom stereocenters. The molecule has 5 rings (SSSR count). The summed E-state index contributed by atoms with van der Waals surface area (Å²) >= 11 is 0. The van der Waals surface area contributed by atoms with Crippen molar-refractivity contribution in [3.05, 3.63) is 12.2 Å². The third kappa shape index (κ3) is 9.07. The number of carbonyl (C=O) groups is 3. The van der Waals surface area contributed by atoms with Gasteiger partial charge in [0.15, 0.2) is 11.9 Å². The largest absolute Gasteiger partial charge is 0.481 e. The highest BCUT2D eigenvalue weighted by atomic mass is 16.8. The van der Waals surface area contributed by atoms with Crippen LogP contribution in [0, 0.1) is 41.4 Å². The summed E-state index contributed by atoms with van der Waals surface area (Å²) in [5, 5.41) is 35.5. The molecule has 18 atom stereocenters. The average Bonchev–Trinajstić information content (AvgIpc) is 3.52. The number of carboxylic acids is 1. The van der Waals surface area contributed by atoms with Gasteiger partial charge in [-0.15, -0.1) is 0 Å². The van der Waals surface area contributed by atoms with Gasteiger partial charge < -0.3 is 49.1 Å². The van der Waals surface area contributed by atoms with Crippen LogP contribution in [0.25, 0.3) is 0 Å². The number of alkyl carbamates (subject to hydrolysis) is 1. The number of rotatable bonds is 14. The van der Waals surface area contributed by atoms with Gasteiger partial charge in [-0.25, -0.2) is 4.79 Å². The van der Waals surface area contributed by atoms with Crippen molar-refractivity contribution >= 4 is 17.8 Å². The smallest absolute Gasteiger partial charge is 0.407 e. The molecule has 0 radical (unpaired) electrons. The van der Waals surface area contributed by atoms with E-state index >= 15 is 0 Å². The lowest BCUT2D eigenvalue weighted by molar-refractivity contribution is -0.408. The molecule has 5 aliphatic heterocycles. The lowest BCUT2D eigenvalue weighted by Crippen LogP contribution is -2.63. The van der Waals surface area contributed by atoms with Crippen molar-refractivity contribution < 1.29 is 58.1 Å². The van der Waals surface area contributed by atoms with E-state index in [4.69, 9.17) is 28.4 Å². The van der Waals surface area contributed by atoms with Crippen molar-refractivity contribution in [2.24, 2.45) is 41.4 Å². The highest BCUT2D eigenvalue weighted by molar-refractivity contribution is 5.84. The van der Waals surface area contributed by atoms with Gasteiger partial charge in [0.25, 0.3) is 0 Å². The molecule has 0 bridgehead atoms. The number of carboxylic acid groups (broad SMARTS) is 1. The van der Waals surface area contributed by atoms with Crippen LogP contribution < -0.4 is 5.32 Å². The molecule has 58 heavy (non-hydrogen) atoms. The second-order valence-corrected chi connectivity index (χ2v) is 18.8. The van der Waals surface area contributed by atoms with Gasteiger partial charge in [0.05, 0.1) is 53.7 Å². The van der Waals surface area contributed by atoms with Gasteiger partial charge in [0, 0.05) is 36.6 Å². The number of nitrogens with one attached hydrogen (secondary N) is 1. The fraction of sp³-hybridized carbons (Fsp3) is 0.889. The predicted molar refractivity (Wildman–Crippen MR) is 217 cm³/mol. The number of aliphatic hydroxyl groups excluding tert-OH is 1. The average molecular weight is 822 g/mol. The van der Waals surface area contributed by atoms with Crippen molar-refractivity contribution in [3.8, 4) is 0 Å². The molecule has 5 aliphatic rings. The highest BCUT2D eigenvalue weighted by Crippen LogP contribution is 2.54. The summed E-state index contributed by atoms with van der Waals surface area (Å²) in [6.07, 6.45) is 4.69. The maximum atomic E-state index is 14.6. The third-order valence-corrected chi connectivity index (χ3v) is 15.0. The molecule has 2 spiro atoms. The number of amides is 1. The molecule has 13 heteroatoms. The van der Waals surface area contributed by atoms with Gasteiger partial charge in [-0.3, -0.25) is 9.59 Å². The Balaban J connectivity index is 1.38. The van der Waals surface area contributed by atoms with Crippen molar-refractivity contribution in [2.45, 2.75) is 206 Å². The Bertz CT molecular complexity index is 1480. The van der Waals surface area contributed by atoms with Crippen molar-refractivity contribution in [3.63, 3.8) is 0 Å². The number of hydrogen-bond donors (Lipinski definition) is 4. The van der Waals surface area contributed by atoms with Crippen molar-refractivity contribution in [1.29, 1.82) is 0 Å². The Morgan fingerprint density at radius 3 is 2.19 bits per heavy atom. The van der Waals surface area contributed by atoms with E-state index in [2.05, 4.69) is 26.1 Å². The van der Waals surface area contributed by atoms with E-state index in [0.717, 1.165) is 6.42 Å². The Labute approximate surface area is 346 Å². The van der Waals surface area contributed by atoms with E-state index in [1.54, 1.807) is 13.0 Å². The molecule has 4 saturated heterocycles. The van der Waals surface area contributed by atoms with Gasteiger partial charge in [0.2, 0.25) is 5.79 Å². The maximum absolute atomic E-state index is 14.6. The fourth-order valence-electron chi connectivity index (χ4n) is 10.9. The van der Waals surface area contributed by atoms with Crippen LogP contribution in [0.2, 0.25) is 0 Å². The maximum Gasteiger partial charge on any atom is 0.407 e. The van der Waals surface area contributed by atoms with Gasteiger partial charge in [-0.2, -0.15) is 0 Å². The van der Waals surface area contributed by atoms with E-state index in [-0.39, 0.29) is 29.6 Å². The van der Waals surface area contributed by atoms with Crippen LogP contribution in [-0.2, 0) is 38.0 Å². The molecule has 1 amide bonds. The summed E-state index contributed by atoms with van der Waals surface area (Å²) in [5.74, 6) is -6.15. The first-order chi connectivity index (χ1) is 27.2. The standard InChI is InChI=1S/C45H75NO12/c1-12-31(40(49)50)33-17-16-25(5)38(54-33)29(9)36(47)28(8)37(48)32(13-2)39-26(6)24-27(7)44(56-39)21-19-35(55-41(51)46-15-4)45(58-44)23-22-42(11,57-45)34-18-20-43(52,14-3)30(10)53-34/h19,21,25-36,38-39,47,52H,12-18,20,22-24H2,1-11H3,(H,46,51)(H,49,50)/t25?,26-,27+,28-,29-,30-,31+,32-,33+,34+,35+,36+,38+,39-,42-,43+,44-,45-/m0/s1. The lowest BCUT2D eigenvalue weighted by atomic mass is 9.72. The summed E-state index contributed by atoms with van der Waals surface area (Å²) in [6, 6.07) is 0. The van der Waals surface area contributed by atoms with Crippen LogP contribution in [0.4, 0.5) is 4.79 Å². The first-order valence-electron chi connectivity index (χ1n) is 22.4. The van der Waals surface area contributed by atoms with Gasteiger partial charge in [-0.05, 0) is 103 Å². The zero-order valence-corrected chi connectivity index (χ0v) is 37.0. The molecule has 0 saturated carbocycles. The summed E-state index contributed by atoms with van der Waals surface area (Å²) < 4.78 is 40.1. The molecule has 332 valence electrons. The Morgan fingerprint density at radius 2 is 1.59 bits per heavy atom. The monoisotopic (exact) mass is 822 g/mol. The van der Waals surface area contributed by atoms with Gasteiger partial charge >= 0.3 is 12.1 Å². The van der Waals surface area contributed by atoms with Crippen LogP contribution in [0.15, 0.2) is 12.2 Å². The van der Waals surface area contributed by atoms with E-state index in [1.807, 2.05) is 54.5 Å². The van der Waals surface area contributed by atoms with Crippen molar-refractivity contribution in [1.82, 2.24) is 5.32 Å². The molecule has 13 nitrogen and oxygen atoms in total. The highest BCUT2D eigenvalue weighted by Gasteiger charge is 2.64. The Morgan fingerprint density at radius 1 is 0.897 bits per heavy atom. The predicted octanol–water partition coefficient (Wildman–Crippen LogP) is 6.94. The molecule has 0 aromatic carbocycles. The number of ether oxygens (including phenoxy) is 6. The molecule has 5 heterocycles. The number of hydrogen-bond acceptors (Lipinski definition) is 11. The molecule has 4 N–H and O–H groups in total. The molecule has 0 aliphatic carbocycles. The molecule has 0 aromatic heterocycles. The minimum atomic E-state index is -1.42. The first-order valence-corrected chi connectivity index (χ1v) is 22.4. The van der Waals surface area contributed by atoms with E-state index < -0.39 is 95.1 Å². The normalized spacial score (nSPS) is 43.0. The number of Topliss-reactive ketones (excluding diaryl/α,β-unsaturated/α-hetero) is 1. The molecule has 0 aromatic rings. The minimum Gasteiger partial charge on any atom is -0.481 e. The number of ketones is 1. The van der Waals surface area contributed by atoms with Crippen LogP contribution in [0.1, 0.15) is 140 Å². The SMILES string of the molecule is CCNC(=O)O[C@@H]1C=C[C@]2(O[C@H]([C@@H](CC)C(=O)[C@@H](C)[C@@H](O)[C@H](C)[C@@H]3O[C@@H]([C@@H](CC)C(=O)O)CCC3C)[C@@H](C)C[C@H]2C)O[C@@]12CC[C@@](C)([C@H]1CC[C@](O)(CC)[C@H](C)O1)O2. The van der Waals surface area contributed by atoms with Crippen LogP contribution in [0.5, 0.6) is 0 Å². The van der Waals surface area contributed by atoms with Crippen LogP contribution >= 0.6 is 0 Å². The third-order valence-electron chi connectivity index (χ3n) is 15.0. The van der Waals surface area contributed by atoms with Gasteiger partial charge in [-0.1, -0.05) is 55.4 Å². The fourth-order valence-corrected chi connectivity index (χ4v) is 10.9. The second-order valence-electron chi connectivity index (χ2n) is 18.8. The number of aliphatic hydroxyl groups is 2. The topological polar surface area (TPSA) is 179 Å². The van der Waals surface area contributed by atoms with Gasteiger partial charge in [0.1, 0.15) is 5.78 Å². The quantitative estimate of drug-likeness (QED) is 0.133. The molecular formula is C45H75NO12. The number of carbonyl (C=O) groups excluding carboxylic acids is 2. The Hall–Kier alpha value is -2.13. The lowest BCUT2D eigenvalue weighted by Gasteiger charge is -2.54. The van der Waals surface area contributed by atoms with Crippen molar-refractivity contribution in [2.75, 3.05) is 6.54 Å². The number of aliphatic carboxylic acids is 1.